The van der Waals surface area contributed by atoms with Gasteiger partial charge in [0.25, 0.3) is 11.6 Å². The van der Waals surface area contributed by atoms with Crippen molar-refractivity contribution in [3.8, 4) is 0 Å². The van der Waals surface area contributed by atoms with E-state index < -0.39 is 4.92 Å². The summed E-state index contributed by atoms with van der Waals surface area (Å²) in [5.41, 5.74) is -0.0299. The summed E-state index contributed by atoms with van der Waals surface area (Å²) in [6.07, 6.45) is 2.97. The van der Waals surface area contributed by atoms with Gasteiger partial charge in [-0.05, 0) is 18.8 Å². The number of carbonyl (C=O) groups excluding carboxylic acids is 1. The molecule has 8 nitrogen and oxygen atoms in total. The highest BCUT2D eigenvalue weighted by Crippen LogP contribution is 2.19. The minimum absolute atomic E-state index is 0.175. The van der Waals surface area contributed by atoms with Crippen molar-refractivity contribution < 1.29 is 14.5 Å². The second-order valence-corrected chi connectivity index (χ2v) is 4.87. The number of carbonyl (C=O) groups is 1. The minimum atomic E-state index is -0.570. The molecular weight excluding hydrogens is 276 g/mol. The first-order valence-corrected chi connectivity index (χ1v) is 6.80. The van der Waals surface area contributed by atoms with Crippen molar-refractivity contribution in [2.45, 2.75) is 12.8 Å². The van der Waals surface area contributed by atoms with Gasteiger partial charge in [-0.2, -0.15) is 0 Å². The minimum Gasteiger partial charge on any atom is -0.381 e. The molecule has 2 heterocycles. The van der Waals surface area contributed by atoms with Crippen LogP contribution in [0.25, 0.3) is 0 Å². The zero-order valence-electron chi connectivity index (χ0n) is 11.8. The molecule has 0 spiro atoms. The molecule has 114 valence electrons. The van der Waals surface area contributed by atoms with E-state index in [1.807, 2.05) is 0 Å². The molecular formula is C13H18N4O4. The maximum atomic E-state index is 12.1. The van der Waals surface area contributed by atoms with Gasteiger partial charge in [-0.15, -0.1) is 0 Å². The molecule has 1 aliphatic heterocycles. The van der Waals surface area contributed by atoms with E-state index >= 15 is 0 Å². The maximum Gasteiger partial charge on any atom is 0.288 e. The van der Waals surface area contributed by atoms with E-state index in [4.69, 9.17) is 4.74 Å². The lowest BCUT2D eigenvalue weighted by atomic mass is 10.1. The molecule has 1 aliphatic rings. The molecule has 1 aromatic heterocycles. The molecule has 0 saturated carbocycles. The van der Waals surface area contributed by atoms with Crippen molar-refractivity contribution in [2.24, 2.45) is 5.92 Å². The molecule has 1 saturated heterocycles. The molecule has 1 unspecified atom stereocenters. The number of anilines is 1. The Labute approximate surface area is 122 Å². The van der Waals surface area contributed by atoms with Gasteiger partial charge in [-0.1, -0.05) is 0 Å². The Hall–Kier alpha value is -2.22. The Bertz CT molecular complexity index is 529. The van der Waals surface area contributed by atoms with Gasteiger partial charge < -0.3 is 15.4 Å². The van der Waals surface area contributed by atoms with E-state index in [1.165, 1.54) is 6.07 Å². The Kier molecular flexibility index (Phi) is 5.04. The van der Waals surface area contributed by atoms with E-state index in [0.29, 0.717) is 18.3 Å². The average Bonchev–Trinajstić information content (AvgIpc) is 2.99. The highest BCUT2D eigenvalue weighted by molar-refractivity contribution is 5.99. The monoisotopic (exact) mass is 294 g/mol. The number of nitro groups is 1. The molecule has 0 bridgehead atoms. The molecule has 1 aromatic rings. The first kappa shape index (κ1) is 15.2. The van der Waals surface area contributed by atoms with Gasteiger partial charge in [0.15, 0.2) is 0 Å². The van der Waals surface area contributed by atoms with Gasteiger partial charge in [0, 0.05) is 32.9 Å². The van der Waals surface area contributed by atoms with Gasteiger partial charge in [0.05, 0.1) is 10.5 Å². The van der Waals surface area contributed by atoms with Crippen LogP contribution in [-0.2, 0) is 4.74 Å². The average molecular weight is 294 g/mol. The summed E-state index contributed by atoms with van der Waals surface area (Å²) in [7, 11) is 1.61. The number of pyridine rings is 1. The number of nitrogens with one attached hydrogen (secondary N) is 2. The third-order valence-corrected chi connectivity index (χ3v) is 3.43. The fraction of sp³-hybridized carbons (Fsp3) is 0.538. The third-order valence-electron chi connectivity index (χ3n) is 3.43. The summed E-state index contributed by atoms with van der Waals surface area (Å²) in [6.45, 7) is 2.02. The van der Waals surface area contributed by atoms with Gasteiger partial charge in [0.2, 0.25) is 0 Å². The normalized spacial score (nSPS) is 17.5. The van der Waals surface area contributed by atoms with Crippen LogP contribution in [0.1, 0.15) is 23.2 Å². The maximum absolute atomic E-state index is 12.1. The molecule has 8 heteroatoms. The number of nitrogens with zero attached hydrogens (tertiary/aromatic N) is 2. The van der Waals surface area contributed by atoms with Gasteiger partial charge >= 0.3 is 0 Å². The van der Waals surface area contributed by atoms with Crippen LogP contribution in [0.15, 0.2) is 12.3 Å². The molecule has 1 amide bonds. The van der Waals surface area contributed by atoms with Gasteiger partial charge in [-0.3, -0.25) is 14.9 Å². The molecule has 0 aliphatic carbocycles. The predicted molar refractivity (Wildman–Crippen MR) is 76.3 cm³/mol. The molecule has 2 N–H and O–H groups in total. The highest BCUT2D eigenvalue weighted by atomic mass is 16.6. The zero-order valence-corrected chi connectivity index (χ0v) is 11.8. The van der Waals surface area contributed by atoms with E-state index in [-0.39, 0.29) is 17.2 Å². The van der Waals surface area contributed by atoms with Crippen LogP contribution in [0.2, 0.25) is 0 Å². The van der Waals surface area contributed by atoms with E-state index in [2.05, 4.69) is 15.6 Å². The Balaban J connectivity index is 1.99. The highest BCUT2D eigenvalue weighted by Gasteiger charge is 2.19. The largest absolute Gasteiger partial charge is 0.381 e. The Morgan fingerprint density at radius 2 is 2.43 bits per heavy atom. The van der Waals surface area contributed by atoms with Crippen molar-refractivity contribution >= 4 is 17.4 Å². The summed E-state index contributed by atoms with van der Waals surface area (Å²) in [6, 6.07) is 1.23. The number of aromatic nitrogens is 1. The van der Waals surface area contributed by atoms with Crippen molar-refractivity contribution in [1.29, 1.82) is 0 Å². The third kappa shape index (κ3) is 3.88. The molecule has 2 rings (SSSR count). The topological polar surface area (TPSA) is 106 Å². The van der Waals surface area contributed by atoms with Crippen molar-refractivity contribution in [3.63, 3.8) is 0 Å². The van der Waals surface area contributed by atoms with Crippen molar-refractivity contribution in [1.82, 2.24) is 10.3 Å². The summed E-state index contributed by atoms with van der Waals surface area (Å²) >= 11 is 0. The zero-order chi connectivity index (χ0) is 15.2. The summed E-state index contributed by atoms with van der Waals surface area (Å²) < 4.78 is 5.27. The van der Waals surface area contributed by atoms with Gasteiger partial charge in [0.1, 0.15) is 12.0 Å². The number of hydrogen-bond acceptors (Lipinski definition) is 6. The fourth-order valence-electron chi connectivity index (χ4n) is 2.22. The SMILES string of the molecule is CNc1ncc([N+](=O)[O-])cc1C(=O)NCCC1CCOC1. The first-order chi connectivity index (χ1) is 10.1. The van der Waals surface area contributed by atoms with Crippen LogP contribution >= 0.6 is 0 Å². The molecule has 0 radical (unpaired) electrons. The van der Waals surface area contributed by atoms with Crippen LogP contribution in [0.4, 0.5) is 11.5 Å². The standard InChI is InChI=1S/C13H18N4O4/c1-14-12-11(6-10(7-16-12)17(19)20)13(18)15-4-2-9-3-5-21-8-9/h6-7,9H,2-5,8H2,1H3,(H,14,16)(H,15,18). The van der Waals surface area contributed by atoms with Crippen LogP contribution in [0, 0.1) is 16.0 Å². The molecule has 1 atom stereocenters. The quantitative estimate of drug-likeness (QED) is 0.603. The van der Waals surface area contributed by atoms with Gasteiger partial charge in [-0.25, -0.2) is 4.98 Å². The van der Waals surface area contributed by atoms with Crippen molar-refractivity contribution in [2.75, 3.05) is 32.1 Å². The second-order valence-electron chi connectivity index (χ2n) is 4.87. The number of hydrogen-bond donors (Lipinski definition) is 2. The van der Waals surface area contributed by atoms with Crippen LogP contribution in [0.3, 0.4) is 0 Å². The smallest absolute Gasteiger partial charge is 0.288 e. The van der Waals surface area contributed by atoms with Crippen LogP contribution in [-0.4, -0.2) is 42.6 Å². The summed E-state index contributed by atoms with van der Waals surface area (Å²) in [5.74, 6) is 0.425. The number of rotatable bonds is 6. The second kappa shape index (κ2) is 6.98. The lowest BCUT2D eigenvalue weighted by Gasteiger charge is -2.10. The van der Waals surface area contributed by atoms with E-state index in [9.17, 15) is 14.9 Å². The summed E-state index contributed by atoms with van der Waals surface area (Å²) in [5, 5.41) is 16.3. The lowest BCUT2D eigenvalue weighted by Crippen LogP contribution is -2.27. The van der Waals surface area contributed by atoms with Crippen LogP contribution < -0.4 is 10.6 Å². The molecule has 1 fully saturated rings. The lowest BCUT2D eigenvalue weighted by molar-refractivity contribution is -0.385. The molecule has 21 heavy (non-hydrogen) atoms. The van der Waals surface area contributed by atoms with Crippen molar-refractivity contribution in [3.05, 3.63) is 27.9 Å². The van der Waals surface area contributed by atoms with E-state index in [0.717, 1.165) is 32.3 Å². The first-order valence-electron chi connectivity index (χ1n) is 6.80. The number of ether oxygens (including phenoxy) is 1. The Morgan fingerprint density at radius 1 is 1.62 bits per heavy atom. The fourth-order valence-corrected chi connectivity index (χ4v) is 2.22. The number of amides is 1. The van der Waals surface area contributed by atoms with E-state index in [1.54, 1.807) is 7.05 Å². The Morgan fingerprint density at radius 3 is 3.05 bits per heavy atom. The molecule has 0 aromatic carbocycles. The summed E-state index contributed by atoms with van der Waals surface area (Å²) in [4.78, 5) is 26.2. The predicted octanol–water partition coefficient (Wildman–Crippen LogP) is 1.19. The van der Waals surface area contributed by atoms with Crippen LogP contribution in [0.5, 0.6) is 0 Å².